The molecule has 22 heavy (non-hydrogen) atoms. The van der Waals surface area contributed by atoms with Crippen LogP contribution in [0.1, 0.15) is 39.4 Å². The standard InChI is InChI=1S/C18H29NO3/c1-14-10-19(11-16(20)13-21-18(2,3)4)12-17(22-14)15-8-6-5-7-9-15/h5-9,14,16-17,20H,10-13H2,1-4H3/t14-,16-,17-/m1/s1. The molecule has 1 heterocycles. The zero-order valence-corrected chi connectivity index (χ0v) is 14.2. The second-order valence-corrected chi connectivity index (χ2v) is 7.14. The van der Waals surface area contributed by atoms with Gasteiger partial charge < -0.3 is 14.6 Å². The topological polar surface area (TPSA) is 41.9 Å². The van der Waals surface area contributed by atoms with Gasteiger partial charge in [0.1, 0.15) is 0 Å². The van der Waals surface area contributed by atoms with Crippen LogP contribution in [-0.4, -0.2) is 54.1 Å². The van der Waals surface area contributed by atoms with Crippen molar-refractivity contribution < 1.29 is 14.6 Å². The molecule has 0 radical (unpaired) electrons. The van der Waals surface area contributed by atoms with E-state index in [0.29, 0.717) is 13.2 Å². The van der Waals surface area contributed by atoms with E-state index in [1.54, 1.807) is 0 Å². The van der Waals surface area contributed by atoms with Crippen LogP contribution in [-0.2, 0) is 9.47 Å². The van der Waals surface area contributed by atoms with Gasteiger partial charge in [-0.1, -0.05) is 30.3 Å². The molecule has 1 aromatic carbocycles. The van der Waals surface area contributed by atoms with Gasteiger partial charge in [-0.15, -0.1) is 0 Å². The van der Waals surface area contributed by atoms with Crippen LogP contribution in [0.3, 0.4) is 0 Å². The SMILES string of the molecule is C[C@@H]1CN(C[C@@H](O)COC(C)(C)C)C[C@H](c2ccccc2)O1. The van der Waals surface area contributed by atoms with E-state index in [4.69, 9.17) is 9.47 Å². The van der Waals surface area contributed by atoms with Crippen molar-refractivity contribution in [3.05, 3.63) is 35.9 Å². The fraction of sp³-hybridized carbons (Fsp3) is 0.667. The van der Waals surface area contributed by atoms with Gasteiger partial charge in [0.25, 0.3) is 0 Å². The normalized spacial score (nSPS) is 25.1. The summed E-state index contributed by atoms with van der Waals surface area (Å²) < 4.78 is 11.7. The maximum Gasteiger partial charge on any atom is 0.0956 e. The maximum absolute atomic E-state index is 10.2. The number of aliphatic hydroxyl groups excluding tert-OH is 1. The summed E-state index contributed by atoms with van der Waals surface area (Å²) in [4.78, 5) is 2.27. The molecule has 4 nitrogen and oxygen atoms in total. The Morgan fingerprint density at radius 1 is 1.27 bits per heavy atom. The number of benzene rings is 1. The van der Waals surface area contributed by atoms with E-state index in [2.05, 4.69) is 24.0 Å². The second kappa shape index (κ2) is 7.55. The first-order valence-corrected chi connectivity index (χ1v) is 8.08. The van der Waals surface area contributed by atoms with Crippen LogP contribution < -0.4 is 0 Å². The maximum atomic E-state index is 10.2. The molecular formula is C18H29NO3. The van der Waals surface area contributed by atoms with Crippen LogP contribution in [0.4, 0.5) is 0 Å². The fourth-order valence-electron chi connectivity index (χ4n) is 2.74. The van der Waals surface area contributed by atoms with E-state index >= 15 is 0 Å². The number of morpholine rings is 1. The Labute approximate surface area is 134 Å². The van der Waals surface area contributed by atoms with Gasteiger partial charge >= 0.3 is 0 Å². The molecule has 3 atom stereocenters. The summed E-state index contributed by atoms with van der Waals surface area (Å²) in [7, 11) is 0. The molecule has 0 spiro atoms. The van der Waals surface area contributed by atoms with Crippen LogP contribution in [0.2, 0.25) is 0 Å². The highest BCUT2D eigenvalue weighted by Gasteiger charge is 2.27. The lowest BCUT2D eigenvalue weighted by molar-refractivity contribution is -0.0999. The Morgan fingerprint density at radius 2 is 1.95 bits per heavy atom. The highest BCUT2D eigenvalue weighted by Crippen LogP contribution is 2.25. The third kappa shape index (κ3) is 5.69. The molecule has 4 heteroatoms. The summed E-state index contributed by atoms with van der Waals surface area (Å²) in [5.74, 6) is 0. The molecule has 1 aliphatic rings. The number of hydrogen-bond acceptors (Lipinski definition) is 4. The Hall–Kier alpha value is -0.940. The van der Waals surface area contributed by atoms with Crippen LogP contribution in [0.25, 0.3) is 0 Å². The highest BCUT2D eigenvalue weighted by molar-refractivity contribution is 5.18. The number of rotatable bonds is 5. The monoisotopic (exact) mass is 307 g/mol. The highest BCUT2D eigenvalue weighted by atomic mass is 16.5. The van der Waals surface area contributed by atoms with Crippen LogP contribution in [0, 0.1) is 0 Å². The lowest BCUT2D eigenvalue weighted by Gasteiger charge is -2.38. The predicted octanol–water partition coefficient (Wildman–Crippen LogP) is 2.62. The summed E-state index contributed by atoms with van der Waals surface area (Å²) >= 11 is 0. The molecule has 0 saturated carbocycles. The predicted molar refractivity (Wildman–Crippen MR) is 87.9 cm³/mol. The largest absolute Gasteiger partial charge is 0.389 e. The molecule has 0 unspecified atom stereocenters. The third-order valence-corrected chi connectivity index (χ3v) is 3.68. The number of nitrogens with zero attached hydrogens (tertiary/aromatic N) is 1. The zero-order valence-electron chi connectivity index (χ0n) is 14.2. The van der Waals surface area contributed by atoms with E-state index in [-0.39, 0.29) is 17.8 Å². The number of hydrogen-bond donors (Lipinski definition) is 1. The quantitative estimate of drug-likeness (QED) is 0.908. The lowest BCUT2D eigenvalue weighted by Crippen LogP contribution is -2.47. The first-order valence-electron chi connectivity index (χ1n) is 8.08. The van der Waals surface area contributed by atoms with Gasteiger partial charge in [-0.3, -0.25) is 4.90 Å². The molecular weight excluding hydrogens is 278 g/mol. The van der Waals surface area contributed by atoms with Gasteiger partial charge in [-0.2, -0.15) is 0 Å². The second-order valence-electron chi connectivity index (χ2n) is 7.14. The van der Waals surface area contributed by atoms with Crippen molar-refractivity contribution in [2.75, 3.05) is 26.2 Å². The summed E-state index contributed by atoms with van der Waals surface area (Å²) in [5, 5.41) is 10.2. The Bertz CT molecular complexity index is 443. The van der Waals surface area contributed by atoms with Gasteiger partial charge in [0.15, 0.2) is 0 Å². The molecule has 0 aromatic heterocycles. The van der Waals surface area contributed by atoms with Crippen LogP contribution in [0.5, 0.6) is 0 Å². The summed E-state index contributed by atoms with van der Waals surface area (Å²) in [5.41, 5.74) is 0.978. The van der Waals surface area contributed by atoms with E-state index in [9.17, 15) is 5.11 Å². The first kappa shape index (κ1) is 17.4. The molecule has 1 saturated heterocycles. The van der Waals surface area contributed by atoms with E-state index in [0.717, 1.165) is 13.1 Å². The van der Waals surface area contributed by atoms with Crippen molar-refractivity contribution in [2.45, 2.75) is 51.6 Å². The molecule has 0 bridgehead atoms. The Kier molecular flexibility index (Phi) is 5.98. The minimum atomic E-state index is -0.471. The number of aliphatic hydroxyl groups is 1. The Morgan fingerprint density at radius 3 is 2.59 bits per heavy atom. The van der Waals surface area contributed by atoms with Crippen LogP contribution in [0.15, 0.2) is 30.3 Å². The molecule has 0 aliphatic carbocycles. The van der Waals surface area contributed by atoms with Gasteiger partial charge in [0.2, 0.25) is 0 Å². The fourth-order valence-corrected chi connectivity index (χ4v) is 2.74. The minimum Gasteiger partial charge on any atom is -0.389 e. The van der Waals surface area contributed by atoms with Gasteiger partial charge in [0, 0.05) is 19.6 Å². The summed E-state index contributed by atoms with van der Waals surface area (Å²) in [6, 6.07) is 10.3. The average molecular weight is 307 g/mol. The lowest BCUT2D eigenvalue weighted by atomic mass is 10.1. The summed E-state index contributed by atoms with van der Waals surface area (Å²) in [6.07, 6.45) is -0.240. The third-order valence-electron chi connectivity index (χ3n) is 3.68. The summed E-state index contributed by atoms with van der Waals surface area (Å²) in [6.45, 7) is 10.7. The number of ether oxygens (including phenoxy) is 2. The average Bonchev–Trinajstić information content (AvgIpc) is 2.45. The minimum absolute atomic E-state index is 0.0701. The van der Waals surface area contributed by atoms with Gasteiger partial charge in [-0.25, -0.2) is 0 Å². The van der Waals surface area contributed by atoms with E-state index < -0.39 is 6.10 Å². The van der Waals surface area contributed by atoms with Crippen LogP contribution >= 0.6 is 0 Å². The molecule has 2 rings (SSSR count). The smallest absolute Gasteiger partial charge is 0.0956 e. The Balaban J connectivity index is 1.88. The van der Waals surface area contributed by atoms with E-state index in [1.165, 1.54) is 5.56 Å². The van der Waals surface area contributed by atoms with Crippen molar-refractivity contribution in [3.63, 3.8) is 0 Å². The number of β-amino-alcohol motifs (C(OH)–C–C–N with tert-alkyl or cyclic N) is 1. The first-order chi connectivity index (χ1) is 10.3. The molecule has 0 amide bonds. The van der Waals surface area contributed by atoms with Crippen molar-refractivity contribution in [2.24, 2.45) is 0 Å². The molecule has 1 N–H and O–H groups in total. The van der Waals surface area contributed by atoms with E-state index in [1.807, 2.05) is 39.0 Å². The van der Waals surface area contributed by atoms with Gasteiger partial charge in [-0.05, 0) is 33.3 Å². The van der Waals surface area contributed by atoms with Gasteiger partial charge in [0.05, 0.1) is 30.5 Å². The molecule has 124 valence electrons. The van der Waals surface area contributed by atoms with Crippen molar-refractivity contribution in [1.82, 2.24) is 4.90 Å². The van der Waals surface area contributed by atoms with Crippen molar-refractivity contribution in [1.29, 1.82) is 0 Å². The molecule has 1 aromatic rings. The molecule has 1 fully saturated rings. The zero-order chi connectivity index (χ0) is 16.2. The molecule has 1 aliphatic heterocycles. The van der Waals surface area contributed by atoms with Crippen molar-refractivity contribution in [3.8, 4) is 0 Å². The van der Waals surface area contributed by atoms with Crippen molar-refractivity contribution >= 4 is 0 Å².